The quantitative estimate of drug-likeness (QED) is 0.325. The summed E-state index contributed by atoms with van der Waals surface area (Å²) in [5.41, 5.74) is 7.26. The molecule has 0 aliphatic rings. The summed E-state index contributed by atoms with van der Waals surface area (Å²) in [5.74, 6) is 0.788. The molecule has 0 radical (unpaired) electrons. The third kappa shape index (κ3) is 4.96. The standard InChI is InChI=1S/C19H18FN9O2S/c20-13-3-1-2-12(8-13)10-23-16-9-17(25-11-24-16)29-18(21)27-19(28-29)26-14-4-6-15(7-5-14)32(22,30)31/h1-9,11H,10H2,(H2,22,30,31)(H,23,24,25)(H3,21,26,27,28). The molecule has 13 heteroatoms. The van der Waals surface area contributed by atoms with Gasteiger partial charge in [-0.25, -0.2) is 27.9 Å². The molecule has 4 rings (SSSR count). The molecule has 4 aromatic rings. The molecule has 0 fully saturated rings. The zero-order valence-electron chi connectivity index (χ0n) is 16.5. The van der Waals surface area contributed by atoms with E-state index in [4.69, 9.17) is 10.9 Å². The van der Waals surface area contributed by atoms with Crippen molar-refractivity contribution < 1.29 is 12.8 Å². The van der Waals surface area contributed by atoms with Crippen molar-refractivity contribution in [3.63, 3.8) is 0 Å². The van der Waals surface area contributed by atoms with Crippen LogP contribution < -0.4 is 21.5 Å². The zero-order chi connectivity index (χ0) is 22.7. The van der Waals surface area contributed by atoms with Gasteiger partial charge in [0.25, 0.3) is 0 Å². The lowest BCUT2D eigenvalue weighted by molar-refractivity contribution is 0.598. The Kier molecular flexibility index (Phi) is 5.66. The number of anilines is 4. The highest BCUT2D eigenvalue weighted by Gasteiger charge is 2.12. The molecule has 2 heterocycles. The Balaban J connectivity index is 1.49. The largest absolute Gasteiger partial charge is 0.368 e. The van der Waals surface area contributed by atoms with Crippen molar-refractivity contribution >= 4 is 33.4 Å². The Hall–Kier alpha value is -4.10. The first-order chi connectivity index (χ1) is 15.3. The van der Waals surface area contributed by atoms with E-state index in [0.29, 0.717) is 23.9 Å². The van der Waals surface area contributed by atoms with Crippen LogP contribution in [-0.4, -0.2) is 33.2 Å². The van der Waals surface area contributed by atoms with Crippen LogP contribution in [0.2, 0.25) is 0 Å². The molecule has 6 N–H and O–H groups in total. The lowest BCUT2D eigenvalue weighted by atomic mass is 10.2. The molecule has 0 aliphatic heterocycles. The van der Waals surface area contributed by atoms with Crippen LogP contribution in [0.1, 0.15) is 5.56 Å². The van der Waals surface area contributed by atoms with Gasteiger partial charge >= 0.3 is 0 Å². The molecule has 0 saturated carbocycles. The van der Waals surface area contributed by atoms with Gasteiger partial charge in [0.05, 0.1) is 4.90 Å². The number of benzene rings is 2. The smallest absolute Gasteiger partial charge is 0.248 e. The summed E-state index contributed by atoms with van der Waals surface area (Å²) in [4.78, 5) is 12.4. The highest BCUT2D eigenvalue weighted by molar-refractivity contribution is 7.89. The fourth-order valence-electron chi connectivity index (χ4n) is 2.80. The van der Waals surface area contributed by atoms with Crippen LogP contribution >= 0.6 is 0 Å². The van der Waals surface area contributed by atoms with Gasteiger partial charge in [-0.05, 0) is 42.0 Å². The fourth-order valence-corrected chi connectivity index (χ4v) is 3.32. The average Bonchev–Trinajstić information content (AvgIpc) is 3.12. The summed E-state index contributed by atoms with van der Waals surface area (Å²) in [7, 11) is -3.78. The Morgan fingerprint density at radius 3 is 2.56 bits per heavy atom. The number of aromatic nitrogens is 5. The van der Waals surface area contributed by atoms with Crippen molar-refractivity contribution in [2.24, 2.45) is 5.14 Å². The van der Waals surface area contributed by atoms with Gasteiger partial charge < -0.3 is 16.4 Å². The van der Waals surface area contributed by atoms with Crippen LogP contribution in [0.3, 0.4) is 0 Å². The first-order valence-corrected chi connectivity index (χ1v) is 10.8. The SMILES string of the molecule is Nc1nc(Nc2ccc(S(N)(=O)=O)cc2)nn1-c1cc(NCc2cccc(F)c2)ncn1. The molecule has 0 unspecified atom stereocenters. The van der Waals surface area contributed by atoms with Gasteiger partial charge in [-0.2, -0.15) is 9.67 Å². The first kappa shape index (κ1) is 21.1. The van der Waals surface area contributed by atoms with E-state index < -0.39 is 10.0 Å². The zero-order valence-corrected chi connectivity index (χ0v) is 17.3. The molecular weight excluding hydrogens is 437 g/mol. The Labute approximate surface area is 182 Å². The van der Waals surface area contributed by atoms with Crippen molar-refractivity contribution in [3.8, 4) is 5.82 Å². The molecule has 164 valence electrons. The molecule has 0 atom stereocenters. The van der Waals surface area contributed by atoms with Gasteiger partial charge in [-0.3, -0.25) is 0 Å². The van der Waals surface area contributed by atoms with Crippen LogP contribution in [0.4, 0.5) is 27.8 Å². The second kappa shape index (κ2) is 8.56. The minimum Gasteiger partial charge on any atom is -0.368 e. The van der Waals surface area contributed by atoms with Crippen molar-refractivity contribution in [1.82, 2.24) is 24.7 Å². The summed E-state index contributed by atoms with van der Waals surface area (Å²) < 4.78 is 37.4. The highest BCUT2D eigenvalue weighted by Crippen LogP contribution is 2.19. The number of rotatable bonds is 7. The van der Waals surface area contributed by atoms with Gasteiger partial charge in [0.2, 0.25) is 21.9 Å². The predicted octanol–water partition coefficient (Wildman–Crippen LogP) is 1.78. The monoisotopic (exact) mass is 455 g/mol. The number of nitrogens with two attached hydrogens (primary N) is 2. The Morgan fingerprint density at radius 1 is 1.06 bits per heavy atom. The molecule has 2 aromatic carbocycles. The summed E-state index contributed by atoms with van der Waals surface area (Å²) in [6.45, 7) is 0.363. The normalized spacial score (nSPS) is 11.3. The molecule has 0 saturated heterocycles. The number of halogens is 1. The summed E-state index contributed by atoms with van der Waals surface area (Å²) in [5, 5.41) is 15.4. The van der Waals surface area contributed by atoms with Gasteiger partial charge in [0, 0.05) is 18.3 Å². The summed E-state index contributed by atoms with van der Waals surface area (Å²) >= 11 is 0. The second-order valence-electron chi connectivity index (χ2n) is 6.64. The second-order valence-corrected chi connectivity index (χ2v) is 8.21. The number of nitrogen functional groups attached to an aromatic ring is 1. The van der Waals surface area contributed by atoms with E-state index in [1.165, 1.54) is 47.4 Å². The molecule has 0 amide bonds. The first-order valence-electron chi connectivity index (χ1n) is 9.21. The molecule has 0 spiro atoms. The summed E-state index contributed by atoms with van der Waals surface area (Å²) in [6.07, 6.45) is 1.34. The van der Waals surface area contributed by atoms with Gasteiger partial charge in [-0.1, -0.05) is 12.1 Å². The van der Waals surface area contributed by atoms with Gasteiger partial charge in [0.1, 0.15) is 18.0 Å². The molecule has 0 bridgehead atoms. The van der Waals surface area contributed by atoms with Crippen molar-refractivity contribution in [2.45, 2.75) is 11.4 Å². The Bertz CT molecular complexity index is 1360. The summed E-state index contributed by atoms with van der Waals surface area (Å²) in [6, 6.07) is 13.6. The Morgan fingerprint density at radius 2 is 1.84 bits per heavy atom. The molecule has 0 aliphatic carbocycles. The van der Waals surface area contributed by atoms with Gasteiger partial charge in [-0.15, -0.1) is 5.10 Å². The number of nitrogens with zero attached hydrogens (tertiary/aromatic N) is 5. The lowest BCUT2D eigenvalue weighted by Gasteiger charge is -2.07. The predicted molar refractivity (Wildman–Crippen MR) is 116 cm³/mol. The van der Waals surface area contributed by atoms with E-state index in [1.807, 2.05) is 0 Å². The van der Waals surface area contributed by atoms with E-state index >= 15 is 0 Å². The van der Waals surface area contributed by atoms with Crippen molar-refractivity contribution in [1.29, 1.82) is 0 Å². The molecule has 2 aromatic heterocycles. The number of primary sulfonamides is 1. The maximum atomic E-state index is 13.3. The maximum absolute atomic E-state index is 13.3. The van der Waals surface area contributed by atoms with Crippen LogP contribution in [0.15, 0.2) is 65.8 Å². The third-order valence-corrected chi connectivity index (χ3v) is 5.23. The highest BCUT2D eigenvalue weighted by atomic mass is 32.2. The average molecular weight is 455 g/mol. The molecule has 32 heavy (non-hydrogen) atoms. The van der Waals surface area contributed by atoms with Crippen LogP contribution in [-0.2, 0) is 16.6 Å². The third-order valence-electron chi connectivity index (χ3n) is 4.30. The van der Waals surface area contributed by atoms with Crippen LogP contribution in [0.25, 0.3) is 5.82 Å². The number of sulfonamides is 1. The van der Waals surface area contributed by atoms with Crippen LogP contribution in [0, 0.1) is 5.82 Å². The van der Waals surface area contributed by atoms with Crippen molar-refractivity contribution in [3.05, 3.63) is 72.3 Å². The number of hydrogen-bond acceptors (Lipinski definition) is 9. The number of nitrogens with one attached hydrogen (secondary N) is 2. The van der Waals surface area contributed by atoms with E-state index in [2.05, 4.69) is 30.7 Å². The minimum atomic E-state index is -3.78. The fraction of sp³-hybridized carbons (Fsp3) is 0.0526. The molecule has 11 nitrogen and oxygen atoms in total. The maximum Gasteiger partial charge on any atom is 0.248 e. The van der Waals surface area contributed by atoms with Gasteiger partial charge in [0.15, 0.2) is 5.82 Å². The topological polar surface area (TPSA) is 167 Å². The van der Waals surface area contributed by atoms with Crippen LogP contribution in [0.5, 0.6) is 0 Å². The minimum absolute atomic E-state index is 0.0136. The lowest BCUT2D eigenvalue weighted by Crippen LogP contribution is -2.11. The molecular formula is C19H18FN9O2S. The van der Waals surface area contributed by atoms with Crippen molar-refractivity contribution in [2.75, 3.05) is 16.4 Å². The van der Waals surface area contributed by atoms with E-state index in [0.717, 1.165) is 5.56 Å². The number of hydrogen-bond donors (Lipinski definition) is 4. The van der Waals surface area contributed by atoms with E-state index in [-0.39, 0.29) is 22.6 Å². The van der Waals surface area contributed by atoms with E-state index in [9.17, 15) is 12.8 Å². The van der Waals surface area contributed by atoms with E-state index in [1.54, 1.807) is 18.2 Å².